The Morgan fingerprint density at radius 3 is 2.68 bits per heavy atom. The Morgan fingerprint density at radius 2 is 2.04 bits per heavy atom. The number of aryl methyl sites for hydroxylation is 1. The summed E-state index contributed by atoms with van der Waals surface area (Å²) in [7, 11) is 3.40. The predicted octanol–water partition coefficient (Wildman–Crippen LogP) is 3.57. The number of nitrogens with zero attached hydrogens (tertiary/aromatic N) is 3. The molecule has 1 aromatic carbocycles. The van der Waals surface area contributed by atoms with Gasteiger partial charge in [0.1, 0.15) is 17.2 Å². The summed E-state index contributed by atoms with van der Waals surface area (Å²) in [4.78, 5) is 20.7. The fraction of sp³-hybridized carbons (Fsp3) is 0.250. The van der Waals surface area contributed by atoms with Crippen LogP contribution in [0.25, 0.3) is 0 Å². The molecule has 0 aliphatic carbocycles. The topological polar surface area (TPSA) is 104 Å². The van der Waals surface area contributed by atoms with E-state index in [0.717, 1.165) is 11.3 Å². The van der Waals surface area contributed by atoms with Gasteiger partial charge in [-0.1, -0.05) is 13.8 Å². The molecule has 0 radical (unpaired) electrons. The molecule has 0 atom stereocenters. The molecule has 8 nitrogen and oxygen atoms in total. The van der Waals surface area contributed by atoms with E-state index in [0.29, 0.717) is 17.2 Å². The summed E-state index contributed by atoms with van der Waals surface area (Å²) in [6.07, 6.45) is 3.23. The number of nitrogen functional groups attached to an aromatic ring is 1. The lowest BCUT2D eigenvalue weighted by Gasteiger charge is -2.17. The van der Waals surface area contributed by atoms with Crippen molar-refractivity contribution in [3.8, 4) is 17.2 Å². The van der Waals surface area contributed by atoms with Gasteiger partial charge >= 0.3 is 0 Å². The van der Waals surface area contributed by atoms with Gasteiger partial charge in [0.25, 0.3) is 5.91 Å². The second kappa shape index (κ2) is 7.99. The van der Waals surface area contributed by atoms with Gasteiger partial charge in [-0.2, -0.15) is 4.98 Å². The molecule has 3 rings (SSSR count). The summed E-state index contributed by atoms with van der Waals surface area (Å²) in [5.41, 5.74) is 7.15. The summed E-state index contributed by atoms with van der Waals surface area (Å²) in [6, 6.07) is 9.03. The monoisotopic (exact) mass is 381 g/mol. The highest BCUT2D eigenvalue weighted by molar-refractivity contribution is 6.03. The first kappa shape index (κ1) is 19.2. The van der Waals surface area contributed by atoms with Crippen molar-refractivity contribution in [2.75, 3.05) is 18.2 Å². The number of nitrogens with one attached hydrogen (secondary N) is 1. The van der Waals surface area contributed by atoms with Gasteiger partial charge in [0.2, 0.25) is 5.95 Å². The van der Waals surface area contributed by atoms with Crippen molar-refractivity contribution in [1.29, 1.82) is 0 Å². The van der Waals surface area contributed by atoms with E-state index < -0.39 is 0 Å². The van der Waals surface area contributed by atoms with E-state index >= 15 is 0 Å². The lowest BCUT2D eigenvalue weighted by Crippen LogP contribution is -2.17. The van der Waals surface area contributed by atoms with E-state index in [-0.39, 0.29) is 23.6 Å². The van der Waals surface area contributed by atoms with Crippen LogP contribution in [0.15, 0.2) is 42.7 Å². The highest BCUT2D eigenvalue weighted by Gasteiger charge is 2.17. The SMILES string of the molecule is COc1ccc(Oc2cnc(N)nc2NC(=O)c2cccn2C)c(C(C)C)c1. The van der Waals surface area contributed by atoms with E-state index in [1.54, 1.807) is 37.1 Å². The number of benzene rings is 1. The third-order valence-electron chi connectivity index (χ3n) is 4.24. The summed E-state index contributed by atoms with van der Waals surface area (Å²) in [5, 5.41) is 2.75. The number of ether oxygens (including phenoxy) is 2. The minimum atomic E-state index is -0.325. The van der Waals surface area contributed by atoms with Gasteiger partial charge in [0, 0.05) is 18.8 Å². The second-order valence-corrected chi connectivity index (χ2v) is 6.56. The Hall–Kier alpha value is -3.55. The van der Waals surface area contributed by atoms with Crippen molar-refractivity contribution in [1.82, 2.24) is 14.5 Å². The van der Waals surface area contributed by atoms with Crippen LogP contribution in [0.5, 0.6) is 17.2 Å². The van der Waals surface area contributed by atoms with Crippen molar-refractivity contribution in [2.24, 2.45) is 7.05 Å². The lowest BCUT2D eigenvalue weighted by atomic mass is 10.0. The quantitative estimate of drug-likeness (QED) is 0.676. The molecular formula is C20H23N5O3. The molecule has 0 aliphatic rings. The van der Waals surface area contributed by atoms with Gasteiger partial charge in [-0.05, 0) is 36.2 Å². The number of carbonyl (C=O) groups is 1. The number of aromatic nitrogens is 3. The molecule has 0 saturated heterocycles. The van der Waals surface area contributed by atoms with Crippen LogP contribution in [0.3, 0.4) is 0 Å². The van der Waals surface area contributed by atoms with E-state index in [1.807, 2.05) is 18.2 Å². The largest absolute Gasteiger partial charge is 0.497 e. The lowest BCUT2D eigenvalue weighted by molar-refractivity contribution is 0.101. The molecule has 0 spiro atoms. The summed E-state index contributed by atoms with van der Waals surface area (Å²) < 4.78 is 13.1. The number of nitrogens with two attached hydrogens (primary N) is 1. The van der Waals surface area contributed by atoms with Crippen LogP contribution < -0.4 is 20.5 Å². The molecule has 0 saturated carbocycles. The fourth-order valence-corrected chi connectivity index (χ4v) is 2.73. The zero-order valence-electron chi connectivity index (χ0n) is 16.3. The minimum absolute atomic E-state index is 0.0355. The number of hydrogen-bond acceptors (Lipinski definition) is 6. The Bertz CT molecular complexity index is 997. The zero-order valence-corrected chi connectivity index (χ0v) is 16.3. The molecule has 3 N–H and O–H groups in total. The first-order chi connectivity index (χ1) is 13.4. The van der Waals surface area contributed by atoms with Crippen LogP contribution in [-0.4, -0.2) is 27.6 Å². The summed E-state index contributed by atoms with van der Waals surface area (Å²) >= 11 is 0. The van der Waals surface area contributed by atoms with Gasteiger partial charge in [-0.25, -0.2) is 4.98 Å². The molecule has 8 heteroatoms. The average molecular weight is 381 g/mol. The molecule has 0 bridgehead atoms. The Labute approximate surface area is 163 Å². The standard InChI is InChI=1S/C20H23N5O3/c1-12(2)14-10-13(27-4)7-8-16(14)28-17-11-22-20(21)24-18(17)23-19(26)15-6-5-9-25(15)3/h5-12H,1-4H3,(H3,21,22,23,24,26). The third kappa shape index (κ3) is 4.06. The Morgan fingerprint density at radius 1 is 1.25 bits per heavy atom. The third-order valence-corrected chi connectivity index (χ3v) is 4.24. The van der Waals surface area contributed by atoms with E-state index in [2.05, 4.69) is 29.1 Å². The normalized spacial score (nSPS) is 10.8. The Kier molecular flexibility index (Phi) is 5.49. The van der Waals surface area contributed by atoms with E-state index in [4.69, 9.17) is 15.2 Å². The van der Waals surface area contributed by atoms with E-state index in [9.17, 15) is 4.79 Å². The first-order valence-electron chi connectivity index (χ1n) is 8.80. The molecule has 2 heterocycles. The van der Waals surface area contributed by atoms with Crippen LogP contribution >= 0.6 is 0 Å². The van der Waals surface area contributed by atoms with Crippen LogP contribution in [0, 0.1) is 0 Å². The predicted molar refractivity (Wildman–Crippen MR) is 107 cm³/mol. The number of carbonyl (C=O) groups excluding carboxylic acids is 1. The average Bonchev–Trinajstić information content (AvgIpc) is 3.10. The van der Waals surface area contributed by atoms with Crippen molar-refractivity contribution in [2.45, 2.75) is 19.8 Å². The number of rotatable bonds is 6. The maximum Gasteiger partial charge on any atom is 0.273 e. The maximum absolute atomic E-state index is 12.6. The highest BCUT2D eigenvalue weighted by atomic mass is 16.5. The van der Waals surface area contributed by atoms with Gasteiger partial charge in [-0.15, -0.1) is 0 Å². The van der Waals surface area contributed by atoms with Crippen molar-refractivity contribution >= 4 is 17.7 Å². The summed E-state index contributed by atoms with van der Waals surface area (Å²) in [5.74, 6) is 1.76. The van der Waals surface area contributed by atoms with Gasteiger partial charge in [0.05, 0.1) is 13.3 Å². The maximum atomic E-state index is 12.6. The van der Waals surface area contributed by atoms with Crippen LogP contribution in [0.1, 0.15) is 35.8 Å². The number of hydrogen-bond donors (Lipinski definition) is 2. The number of amides is 1. The molecule has 0 unspecified atom stereocenters. The number of anilines is 2. The highest BCUT2D eigenvalue weighted by Crippen LogP contribution is 2.35. The zero-order chi connectivity index (χ0) is 20.3. The molecule has 1 amide bonds. The first-order valence-corrected chi connectivity index (χ1v) is 8.80. The second-order valence-electron chi connectivity index (χ2n) is 6.56. The van der Waals surface area contributed by atoms with Gasteiger partial charge in [-0.3, -0.25) is 4.79 Å². The molecule has 146 valence electrons. The smallest absolute Gasteiger partial charge is 0.273 e. The molecule has 28 heavy (non-hydrogen) atoms. The van der Waals surface area contributed by atoms with Crippen LogP contribution in [0.4, 0.5) is 11.8 Å². The van der Waals surface area contributed by atoms with Crippen molar-refractivity contribution in [3.05, 3.63) is 54.0 Å². The molecule has 0 fully saturated rings. The summed E-state index contributed by atoms with van der Waals surface area (Å²) in [6.45, 7) is 4.11. The fourth-order valence-electron chi connectivity index (χ4n) is 2.73. The molecule has 2 aromatic heterocycles. The Balaban J connectivity index is 1.93. The minimum Gasteiger partial charge on any atom is -0.497 e. The van der Waals surface area contributed by atoms with Gasteiger partial charge in [0.15, 0.2) is 11.6 Å². The van der Waals surface area contributed by atoms with Crippen molar-refractivity contribution in [3.63, 3.8) is 0 Å². The van der Waals surface area contributed by atoms with Crippen LogP contribution in [0.2, 0.25) is 0 Å². The van der Waals surface area contributed by atoms with E-state index in [1.165, 1.54) is 6.20 Å². The van der Waals surface area contributed by atoms with Gasteiger partial charge < -0.3 is 25.1 Å². The van der Waals surface area contributed by atoms with Crippen LogP contribution in [-0.2, 0) is 7.05 Å². The van der Waals surface area contributed by atoms with Crippen molar-refractivity contribution < 1.29 is 14.3 Å². The number of methoxy groups -OCH3 is 1. The molecular weight excluding hydrogens is 358 g/mol. The molecule has 3 aromatic rings. The molecule has 0 aliphatic heterocycles.